The van der Waals surface area contributed by atoms with Gasteiger partial charge in [-0.3, -0.25) is 0 Å². The van der Waals surface area contributed by atoms with Crippen LogP contribution in [-0.2, 0) is 7.05 Å². The van der Waals surface area contributed by atoms with Gasteiger partial charge in [0.1, 0.15) is 5.82 Å². The molecule has 0 saturated heterocycles. The lowest BCUT2D eigenvalue weighted by atomic mass is 10.1. The number of nitrogens with zero attached hydrogens (tertiary/aromatic N) is 4. The van der Waals surface area contributed by atoms with E-state index < -0.39 is 0 Å². The number of aromatic nitrogens is 4. The maximum Gasteiger partial charge on any atom is 0.165 e. The molecule has 5 nitrogen and oxygen atoms in total. The summed E-state index contributed by atoms with van der Waals surface area (Å²) in [7, 11) is 1.86. The summed E-state index contributed by atoms with van der Waals surface area (Å²) >= 11 is 6.26. The standard InChI is InChI=1S/C19H15ClFN5/c1-11-9-12(21)7-8-13(11)17-24-18(16-19(25-17)26(2)10-22-16)23-15-6-4-3-5-14(15)20/h3-10H,1-2H3,(H,23,24,25). The average molecular weight is 368 g/mol. The van der Waals surface area contributed by atoms with Gasteiger partial charge in [-0.1, -0.05) is 23.7 Å². The molecule has 26 heavy (non-hydrogen) atoms. The lowest BCUT2D eigenvalue weighted by molar-refractivity contribution is 0.627. The minimum Gasteiger partial charge on any atom is -0.337 e. The third kappa shape index (κ3) is 2.88. The molecule has 2 heterocycles. The van der Waals surface area contributed by atoms with Crippen LogP contribution in [0.1, 0.15) is 5.56 Å². The number of fused-ring (bicyclic) bond motifs is 1. The van der Waals surface area contributed by atoms with Gasteiger partial charge in [0.15, 0.2) is 22.8 Å². The summed E-state index contributed by atoms with van der Waals surface area (Å²) in [5.74, 6) is 0.748. The number of hydrogen-bond acceptors (Lipinski definition) is 4. The Balaban J connectivity index is 1.90. The van der Waals surface area contributed by atoms with E-state index in [4.69, 9.17) is 11.6 Å². The zero-order valence-corrected chi connectivity index (χ0v) is 14.9. The number of aryl methyl sites for hydroxylation is 2. The molecular weight excluding hydrogens is 353 g/mol. The van der Waals surface area contributed by atoms with Crippen molar-refractivity contribution in [2.24, 2.45) is 7.05 Å². The van der Waals surface area contributed by atoms with E-state index in [1.165, 1.54) is 12.1 Å². The molecule has 0 fully saturated rings. The van der Waals surface area contributed by atoms with Gasteiger partial charge >= 0.3 is 0 Å². The Kier molecular flexibility index (Phi) is 4.05. The van der Waals surface area contributed by atoms with Crippen LogP contribution in [0.5, 0.6) is 0 Å². The summed E-state index contributed by atoms with van der Waals surface area (Å²) in [6.07, 6.45) is 1.68. The van der Waals surface area contributed by atoms with E-state index in [0.29, 0.717) is 27.8 Å². The highest BCUT2D eigenvalue weighted by molar-refractivity contribution is 6.33. The van der Waals surface area contributed by atoms with Crippen molar-refractivity contribution < 1.29 is 4.39 Å². The predicted molar refractivity (Wildman–Crippen MR) is 101 cm³/mol. The van der Waals surface area contributed by atoms with Crippen molar-refractivity contribution in [3.8, 4) is 11.4 Å². The highest BCUT2D eigenvalue weighted by Gasteiger charge is 2.15. The van der Waals surface area contributed by atoms with Crippen molar-refractivity contribution >= 4 is 34.3 Å². The monoisotopic (exact) mass is 367 g/mol. The summed E-state index contributed by atoms with van der Waals surface area (Å²) in [6, 6.07) is 12.0. The lowest BCUT2D eigenvalue weighted by Gasteiger charge is -2.11. The number of hydrogen-bond donors (Lipinski definition) is 1. The van der Waals surface area contributed by atoms with Gasteiger partial charge in [-0.15, -0.1) is 0 Å². The summed E-state index contributed by atoms with van der Waals surface area (Å²) in [5.41, 5.74) is 3.55. The molecule has 0 atom stereocenters. The maximum atomic E-state index is 13.5. The molecule has 0 aliphatic rings. The number of imidazole rings is 1. The van der Waals surface area contributed by atoms with Gasteiger partial charge in [0, 0.05) is 12.6 Å². The molecule has 2 aromatic carbocycles. The Morgan fingerprint density at radius 3 is 2.69 bits per heavy atom. The smallest absolute Gasteiger partial charge is 0.165 e. The molecule has 0 spiro atoms. The van der Waals surface area contributed by atoms with Gasteiger partial charge in [-0.25, -0.2) is 19.3 Å². The summed E-state index contributed by atoms with van der Waals surface area (Å²) in [4.78, 5) is 13.6. The van der Waals surface area contributed by atoms with Crippen LogP contribution in [0.4, 0.5) is 15.9 Å². The van der Waals surface area contributed by atoms with E-state index in [1.54, 1.807) is 18.5 Å². The van der Waals surface area contributed by atoms with Crippen molar-refractivity contribution in [2.75, 3.05) is 5.32 Å². The second-order valence-electron chi connectivity index (χ2n) is 5.99. The van der Waals surface area contributed by atoms with Crippen LogP contribution in [0.2, 0.25) is 5.02 Å². The predicted octanol–water partition coefficient (Wildman–Crippen LogP) is 4.87. The number of halogens is 2. The first-order chi connectivity index (χ1) is 12.5. The maximum absolute atomic E-state index is 13.5. The number of nitrogens with one attached hydrogen (secondary N) is 1. The molecular formula is C19H15ClFN5. The quantitative estimate of drug-likeness (QED) is 0.561. The van der Waals surface area contributed by atoms with Crippen molar-refractivity contribution in [1.29, 1.82) is 0 Å². The minimum absolute atomic E-state index is 0.290. The molecule has 4 aromatic rings. The molecule has 4 rings (SSSR count). The van der Waals surface area contributed by atoms with Crippen LogP contribution in [0.15, 0.2) is 48.8 Å². The number of benzene rings is 2. The van der Waals surface area contributed by atoms with Crippen LogP contribution in [0, 0.1) is 12.7 Å². The number of para-hydroxylation sites is 1. The Morgan fingerprint density at radius 2 is 1.92 bits per heavy atom. The van der Waals surface area contributed by atoms with Gasteiger partial charge in [-0.05, 0) is 42.8 Å². The Morgan fingerprint density at radius 1 is 1.12 bits per heavy atom. The summed E-state index contributed by atoms with van der Waals surface area (Å²) in [5, 5.41) is 3.81. The minimum atomic E-state index is -0.290. The van der Waals surface area contributed by atoms with E-state index in [9.17, 15) is 4.39 Å². The molecule has 130 valence electrons. The van der Waals surface area contributed by atoms with Crippen molar-refractivity contribution in [3.05, 3.63) is 65.2 Å². The van der Waals surface area contributed by atoms with E-state index in [2.05, 4.69) is 20.3 Å². The van der Waals surface area contributed by atoms with Crippen LogP contribution in [-0.4, -0.2) is 19.5 Å². The second-order valence-corrected chi connectivity index (χ2v) is 6.39. The Bertz CT molecular complexity index is 1120. The zero-order chi connectivity index (χ0) is 18.3. The zero-order valence-electron chi connectivity index (χ0n) is 14.2. The molecule has 0 aliphatic heterocycles. The molecule has 0 saturated carbocycles. The highest BCUT2D eigenvalue weighted by atomic mass is 35.5. The third-order valence-corrected chi connectivity index (χ3v) is 4.45. The second kappa shape index (κ2) is 6.38. The fourth-order valence-electron chi connectivity index (χ4n) is 2.78. The van der Waals surface area contributed by atoms with Crippen LogP contribution < -0.4 is 5.32 Å². The molecule has 2 aromatic heterocycles. The van der Waals surface area contributed by atoms with Crippen molar-refractivity contribution in [1.82, 2.24) is 19.5 Å². The molecule has 0 amide bonds. The summed E-state index contributed by atoms with van der Waals surface area (Å²) < 4.78 is 15.3. The first-order valence-corrected chi connectivity index (χ1v) is 8.38. The lowest BCUT2D eigenvalue weighted by Crippen LogP contribution is -2.02. The van der Waals surface area contributed by atoms with Crippen molar-refractivity contribution in [2.45, 2.75) is 6.92 Å². The highest BCUT2D eigenvalue weighted by Crippen LogP contribution is 2.30. The largest absolute Gasteiger partial charge is 0.337 e. The third-order valence-electron chi connectivity index (χ3n) is 4.12. The topological polar surface area (TPSA) is 55.6 Å². The van der Waals surface area contributed by atoms with Crippen LogP contribution >= 0.6 is 11.6 Å². The fourth-order valence-corrected chi connectivity index (χ4v) is 2.97. The van der Waals surface area contributed by atoms with Crippen LogP contribution in [0.3, 0.4) is 0 Å². The van der Waals surface area contributed by atoms with Gasteiger partial charge in [-0.2, -0.15) is 0 Å². The molecule has 0 radical (unpaired) electrons. The van der Waals surface area contributed by atoms with Gasteiger partial charge in [0.25, 0.3) is 0 Å². The first kappa shape index (κ1) is 16.5. The first-order valence-electron chi connectivity index (χ1n) is 8.00. The van der Waals surface area contributed by atoms with Gasteiger partial charge < -0.3 is 9.88 Å². The van der Waals surface area contributed by atoms with E-state index >= 15 is 0 Å². The molecule has 0 unspecified atom stereocenters. The molecule has 7 heteroatoms. The van der Waals surface area contributed by atoms with E-state index in [-0.39, 0.29) is 5.82 Å². The number of rotatable bonds is 3. The normalized spacial score (nSPS) is 11.1. The average Bonchev–Trinajstić information content (AvgIpc) is 2.98. The number of anilines is 2. The van der Waals surface area contributed by atoms with E-state index in [0.717, 1.165) is 16.8 Å². The molecule has 0 bridgehead atoms. The van der Waals surface area contributed by atoms with Gasteiger partial charge in [0.2, 0.25) is 0 Å². The molecule has 1 N–H and O–H groups in total. The SMILES string of the molecule is Cc1cc(F)ccc1-c1nc(Nc2ccccc2Cl)c2ncn(C)c2n1. The summed E-state index contributed by atoms with van der Waals surface area (Å²) in [6.45, 7) is 1.83. The molecule has 0 aliphatic carbocycles. The van der Waals surface area contributed by atoms with Crippen molar-refractivity contribution in [3.63, 3.8) is 0 Å². The van der Waals surface area contributed by atoms with Crippen LogP contribution in [0.25, 0.3) is 22.6 Å². The Labute approximate surface area is 154 Å². The van der Waals surface area contributed by atoms with Gasteiger partial charge in [0.05, 0.1) is 17.0 Å². The fraction of sp³-hybridized carbons (Fsp3) is 0.105. The van der Waals surface area contributed by atoms with E-state index in [1.807, 2.05) is 36.7 Å². The Hall–Kier alpha value is -2.99.